The average Bonchev–Trinajstić information content (AvgIpc) is 2.53. The molecule has 21 heavy (non-hydrogen) atoms. The lowest BCUT2D eigenvalue weighted by Crippen LogP contribution is -2.48. The number of benzene rings is 1. The van der Waals surface area contributed by atoms with Gasteiger partial charge in [-0.3, -0.25) is 4.98 Å². The van der Waals surface area contributed by atoms with Crippen molar-refractivity contribution in [3.8, 4) is 0 Å². The molecule has 1 aliphatic heterocycles. The first-order chi connectivity index (χ1) is 10.2. The van der Waals surface area contributed by atoms with Crippen LogP contribution in [0, 0.1) is 0 Å². The predicted octanol–water partition coefficient (Wildman–Crippen LogP) is 2.70. The number of para-hydroxylation sites is 1. The van der Waals surface area contributed by atoms with E-state index < -0.39 is 0 Å². The molecule has 112 valence electrons. The second kappa shape index (κ2) is 6.00. The molecule has 0 aliphatic carbocycles. The van der Waals surface area contributed by atoms with Crippen LogP contribution in [0.25, 0.3) is 10.9 Å². The van der Waals surface area contributed by atoms with Crippen molar-refractivity contribution in [1.29, 1.82) is 0 Å². The third-order valence-electron chi connectivity index (χ3n) is 4.20. The van der Waals surface area contributed by atoms with Gasteiger partial charge in [-0.05, 0) is 25.5 Å². The molecule has 0 amide bonds. The fourth-order valence-corrected chi connectivity index (χ4v) is 3.03. The second-order valence-corrected chi connectivity index (χ2v) is 5.71. The zero-order chi connectivity index (χ0) is 14.8. The van der Waals surface area contributed by atoms with Crippen LogP contribution >= 0.6 is 0 Å². The topological polar surface area (TPSA) is 51.4 Å². The van der Waals surface area contributed by atoms with Crippen LogP contribution in [-0.4, -0.2) is 30.3 Å². The van der Waals surface area contributed by atoms with Crippen molar-refractivity contribution < 1.29 is 4.74 Å². The predicted molar refractivity (Wildman–Crippen MR) is 86.5 cm³/mol. The van der Waals surface area contributed by atoms with Gasteiger partial charge in [-0.15, -0.1) is 0 Å². The Morgan fingerprint density at radius 2 is 2.19 bits per heavy atom. The summed E-state index contributed by atoms with van der Waals surface area (Å²) in [4.78, 5) is 7.11. The lowest BCUT2D eigenvalue weighted by Gasteiger charge is -2.40. The molecule has 4 heteroatoms. The SMILES string of the molecule is CCC1COC(C)CN1c1cc(CN)nc2ccccc12. The van der Waals surface area contributed by atoms with Gasteiger partial charge in [0.1, 0.15) is 0 Å². The van der Waals surface area contributed by atoms with Crippen LogP contribution in [0.2, 0.25) is 0 Å². The first-order valence-electron chi connectivity index (χ1n) is 7.70. The van der Waals surface area contributed by atoms with Crippen LogP contribution in [0.15, 0.2) is 30.3 Å². The number of morpholine rings is 1. The van der Waals surface area contributed by atoms with Crippen LogP contribution in [-0.2, 0) is 11.3 Å². The summed E-state index contributed by atoms with van der Waals surface area (Å²) >= 11 is 0. The summed E-state index contributed by atoms with van der Waals surface area (Å²) in [5.74, 6) is 0. The Kier molecular flexibility index (Phi) is 4.08. The standard InChI is InChI=1S/C17H23N3O/c1-3-14-11-21-12(2)10-20(14)17-8-13(9-18)19-16-7-5-4-6-15(16)17/h4-8,12,14H,3,9-11,18H2,1-2H3. The normalized spacial score (nSPS) is 22.7. The number of ether oxygens (including phenoxy) is 1. The molecule has 1 aromatic carbocycles. The molecular formula is C17H23N3O. The molecule has 1 fully saturated rings. The molecule has 2 heterocycles. The summed E-state index contributed by atoms with van der Waals surface area (Å²) in [6, 6.07) is 10.9. The molecule has 0 spiro atoms. The molecule has 0 radical (unpaired) electrons. The highest BCUT2D eigenvalue weighted by molar-refractivity contribution is 5.92. The number of hydrogen-bond acceptors (Lipinski definition) is 4. The summed E-state index contributed by atoms with van der Waals surface area (Å²) < 4.78 is 5.82. The van der Waals surface area contributed by atoms with E-state index in [0.29, 0.717) is 12.6 Å². The minimum Gasteiger partial charge on any atom is -0.375 e. The van der Waals surface area contributed by atoms with Gasteiger partial charge in [-0.25, -0.2) is 0 Å². The Morgan fingerprint density at radius 1 is 1.38 bits per heavy atom. The first-order valence-corrected chi connectivity index (χ1v) is 7.70. The summed E-state index contributed by atoms with van der Waals surface area (Å²) in [7, 11) is 0. The van der Waals surface area contributed by atoms with E-state index in [1.807, 2.05) is 6.07 Å². The van der Waals surface area contributed by atoms with Crippen molar-refractivity contribution in [3.63, 3.8) is 0 Å². The summed E-state index contributed by atoms with van der Waals surface area (Å²) in [5, 5.41) is 1.20. The third kappa shape index (κ3) is 2.74. The smallest absolute Gasteiger partial charge is 0.0726 e. The first kappa shape index (κ1) is 14.3. The molecule has 0 bridgehead atoms. The molecule has 1 aliphatic rings. The van der Waals surface area contributed by atoms with Crippen LogP contribution in [0.4, 0.5) is 5.69 Å². The van der Waals surface area contributed by atoms with E-state index in [0.717, 1.165) is 30.8 Å². The maximum absolute atomic E-state index is 5.83. The van der Waals surface area contributed by atoms with Crippen LogP contribution in [0.3, 0.4) is 0 Å². The van der Waals surface area contributed by atoms with E-state index in [9.17, 15) is 0 Å². The molecule has 2 N–H and O–H groups in total. The van der Waals surface area contributed by atoms with E-state index in [1.165, 1.54) is 11.1 Å². The molecule has 3 rings (SSSR count). The summed E-state index contributed by atoms with van der Waals surface area (Å²) in [5.41, 5.74) is 9.03. The van der Waals surface area contributed by atoms with Crippen molar-refractivity contribution in [3.05, 3.63) is 36.0 Å². The second-order valence-electron chi connectivity index (χ2n) is 5.71. The molecule has 0 saturated carbocycles. The molecule has 4 nitrogen and oxygen atoms in total. The summed E-state index contributed by atoms with van der Waals surface area (Å²) in [6.07, 6.45) is 1.32. The summed E-state index contributed by atoms with van der Waals surface area (Å²) in [6.45, 7) is 6.51. The minimum atomic E-state index is 0.251. The van der Waals surface area contributed by atoms with Crippen LogP contribution < -0.4 is 10.6 Å². The number of hydrogen-bond donors (Lipinski definition) is 1. The zero-order valence-corrected chi connectivity index (χ0v) is 12.7. The van der Waals surface area contributed by atoms with Crippen molar-refractivity contribution in [2.75, 3.05) is 18.1 Å². The van der Waals surface area contributed by atoms with Crippen molar-refractivity contribution in [2.24, 2.45) is 5.73 Å². The number of fused-ring (bicyclic) bond motifs is 1. The lowest BCUT2D eigenvalue weighted by molar-refractivity contribution is 0.0301. The molecular weight excluding hydrogens is 262 g/mol. The largest absolute Gasteiger partial charge is 0.375 e. The highest BCUT2D eigenvalue weighted by Gasteiger charge is 2.27. The number of nitrogens with zero attached hydrogens (tertiary/aromatic N) is 2. The van der Waals surface area contributed by atoms with Gasteiger partial charge in [0.15, 0.2) is 0 Å². The van der Waals surface area contributed by atoms with Gasteiger partial charge < -0.3 is 15.4 Å². The third-order valence-corrected chi connectivity index (χ3v) is 4.20. The van der Waals surface area contributed by atoms with Crippen LogP contribution in [0.5, 0.6) is 0 Å². The molecule has 2 aromatic rings. The minimum absolute atomic E-state index is 0.251. The number of rotatable bonds is 3. The number of anilines is 1. The Bertz CT molecular complexity index is 628. The van der Waals surface area contributed by atoms with Crippen LogP contribution in [0.1, 0.15) is 26.0 Å². The monoisotopic (exact) mass is 285 g/mol. The van der Waals surface area contributed by atoms with Gasteiger partial charge in [0.2, 0.25) is 0 Å². The van der Waals surface area contributed by atoms with Crippen molar-refractivity contribution >= 4 is 16.6 Å². The maximum atomic E-state index is 5.83. The van der Waals surface area contributed by atoms with E-state index in [1.54, 1.807) is 0 Å². The van der Waals surface area contributed by atoms with Gasteiger partial charge in [0, 0.05) is 24.2 Å². The van der Waals surface area contributed by atoms with E-state index >= 15 is 0 Å². The van der Waals surface area contributed by atoms with E-state index in [-0.39, 0.29) is 6.10 Å². The van der Waals surface area contributed by atoms with E-state index in [2.05, 4.69) is 48.0 Å². The van der Waals surface area contributed by atoms with Gasteiger partial charge >= 0.3 is 0 Å². The Hall–Kier alpha value is -1.65. The van der Waals surface area contributed by atoms with Crippen molar-refractivity contribution in [1.82, 2.24) is 4.98 Å². The highest BCUT2D eigenvalue weighted by atomic mass is 16.5. The Labute approximate surface area is 125 Å². The fourth-order valence-electron chi connectivity index (χ4n) is 3.03. The maximum Gasteiger partial charge on any atom is 0.0726 e. The van der Waals surface area contributed by atoms with Gasteiger partial charge in [-0.2, -0.15) is 0 Å². The molecule has 2 atom stereocenters. The molecule has 1 aromatic heterocycles. The van der Waals surface area contributed by atoms with Gasteiger partial charge in [0.25, 0.3) is 0 Å². The van der Waals surface area contributed by atoms with Gasteiger partial charge in [0.05, 0.1) is 30.0 Å². The zero-order valence-electron chi connectivity index (χ0n) is 12.7. The average molecular weight is 285 g/mol. The highest BCUT2D eigenvalue weighted by Crippen LogP contribution is 2.31. The van der Waals surface area contributed by atoms with Gasteiger partial charge in [-0.1, -0.05) is 25.1 Å². The Morgan fingerprint density at radius 3 is 2.95 bits per heavy atom. The number of aromatic nitrogens is 1. The molecule has 2 unspecified atom stereocenters. The lowest BCUT2D eigenvalue weighted by atomic mass is 10.1. The number of nitrogens with two attached hydrogens (primary N) is 1. The van der Waals surface area contributed by atoms with Crippen molar-refractivity contribution in [2.45, 2.75) is 39.0 Å². The number of pyridine rings is 1. The Balaban J connectivity index is 2.12. The molecule has 1 saturated heterocycles. The fraction of sp³-hybridized carbons (Fsp3) is 0.471. The van der Waals surface area contributed by atoms with E-state index in [4.69, 9.17) is 10.5 Å². The quantitative estimate of drug-likeness (QED) is 0.942.